The number of nitrogens with one attached hydrogen (secondary N) is 1. The summed E-state index contributed by atoms with van der Waals surface area (Å²) in [6, 6.07) is 8.16. The van der Waals surface area contributed by atoms with Crippen LogP contribution in [0, 0.1) is 5.92 Å². The molecule has 2 unspecified atom stereocenters. The third kappa shape index (κ3) is 3.01. The van der Waals surface area contributed by atoms with Crippen LogP contribution in [0.2, 0.25) is 0 Å². The third-order valence-electron chi connectivity index (χ3n) is 3.09. The number of thiol groups is 1. The maximum Gasteiger partial charge on any atom is 0.224 e. The van der Waals surface area contributed by atoms with E-state index in [2.05, 4.69) is 24.9 Å². The summed E-state index contributed by atoms with van der Waals surface area (Å²) >= 11 is 4.21. The molecule has 86 valence electrons. The van der Waals surface area contributed by atoms with Gasteiger partial charge in [0.2, 0.25) is 5.91 Å². The summed E-state index contributed by atoms with van der Waals surface area (Å²) in [7, 11) is 0. The first-order valence-corrected chi connectivity index (χ1v) is 6.21. The van der Waals surface area contributed by atoms with E-state index in [0.717, 1.165) is 16.9 Å². The van der Waals surface area contributed by atoms with Gasteiger partial charge in [-0.25, -0.2) is 0 Å². The Hall–Kier alpha value is -0.960. The number of benzene rings is 1. The van der Waals surface area contributed by atoms with Gasteiger partial charge in [0.15, 0.2) is 0 Å². The minimum Gasteiger partial charge on any atom is -0.353 e. The van der Waals surface area contributed by atoms with E-state index in [9.17, 15) is 4.79 Å². The monoisotopic (exact) mass is 235 g/mol. The van der Waals surface area contributed by atoms with Crippen LogP contribution < -0.4 is 5.32 Å². The Morgan fingerprint density at radius 2 is 2.12 bits per heavy atom. The predicted molar refractivity (Wildman–Crippen MR) is 67.7 cm³/mol. The van der Waals surface area contributed by atoms with Crippen molar-refractivity contribution >= 4 is 18.5 Å². The van der Waals surface area contributed by atoms with Crippen LogP contribution in [0.1, 0.15) is 25.3 Å². The maximum atomic E-state index is 11.7. The summed E-state index contributed by atoms with van der Waals surface area (Å²) < 4.78 is 0. The van der Waals surface area contributed by atoms with E-state index in [0.29, 0.717) is 18.4 Å². The first-order valence-electron chi connectivity index (χ1n) is 5.76. The van der Waals surface area contributed by atoms with Gasteiger partial charge in [-0.05, 0) is 30.0 Å². The van der Waals surface area contributed by atoms with Gasteiger partial charge in [-0.2, -0.15) is 0 Å². The molecule has 0 heterocycles. The van der Waals surface area contributed by atoms with Crippen LogP contribution in [0.5, 0.6) is 0 Å². The van der Waals surface area contributed by atoms with Gasteiger partial charge < -0.3 is 5.32 Å². The van der Waals surface area contributed by atoms with Crippen molar-refractivity contribution in [1.82, 2.24) is 5.32 Å². The number of hydrogen-bond acceptors (Lipinski definition) is 2. The molecule has 0 aliphatic heterocycles. The number of amides is 1. The first kappa shape index (κ1) is 11.5. The lowest BCUT2D eigenvalue weighted by molar-refractivity contribution is -0.120. The highest BCUT2D eigenvalue weighted by molar-refractivity contribution is 7.80. The number of carbonyl (C=O) groups excluding carboxylic acids is 1. The molecular formula is C13H17NOS. The summed E-state index contributed by atoms with van der Waals surface area (Å²) in [6.45, 7) is 2.17. The Balaban J connectivity index is 1.81. The zero-order chi connectivity index (χ0) is 11.5. The van der Waals surface area contributed by atoms with E-state index in [-0.39, 0.29) is 5.91 Å². The highest BCUT2D eigenvalue weighted by atomic mass is 32.1. The lowest BCUT2D eigenvalue weighted by atomic mass is 10.1. The molecule has 1 N–H and O–H groups in total. The maximum absolute atomic E-state index is 11.7. The SMILES string of the molecule is CCC1CC1NC(=O)Cc1ccc(S)cc1. The molecule has 2 rings (SSSR count). The van der Waals surface area contributed by atoms with Crippen molar-refractivity contribution in [1.29, 1.82) is 0 Å². The van der Waals surface area contributed by atoms with Gasteiger partial charge in [0.1, 0.15) is 0 Å². The molecule has 0 radical (unpaired) electrons. The van der Waals surface area contributed by atoms with Gasteiger partial charge in [0, 0.05) is 10.9 Å². The Morgan fingerprint density at radius 3 is 2.69 bits per heavy atom. The molecule has 1 aromatic rings. The lowest BCUT2D eigenvalue weighted by Gasteiger charge is -2.04. The van der Waals surface area contributed by atoms with Crippen molar-refractivity contribution < 1.29 is 4.79 Å². The highest BCUT2D eigenvalue weighted by Crippen LogP contribution is 2.33. The molecule has 0 aromatic heterocycles. The lowest BCUT2D eigenvalue weighted by Crippen LogP contribution is -2.28. The molecule has 0 saturated heterocycles. The normalized spacial score (nSPS) is 22.9. The molecule has 1 aromatic carbocycles. The highest BCUT2D eigenvalue weighted by Gasteiger charge is 2.36. The molecular weight excluding hydrogens is 218 g/mol. The van der Waals surface area contributed by atoms with Crippen LogP contribution in [0.4, 0.5) is 0 Å². The molecule has 0 bridgehead atoms. The van der Waals surface area contributed by atoms with Crippen LogP contribution in [-0.4, -0.2) is 11.9 Å². The van der Waals surface area contributed by atoms with E-state index in [4.69, 9.17) is 0 Å². The third-order valence-corrected chi connectivity index (χ3v) is 3.39. The van der Waals surface area contributed by atoms with Gasteiger partial charge >= 0.3 is 0 Å². The average Bonchev–Trinajstić information content (AvgIpc) is 3.00. The van der Waals surface area contributed by atoms with Gasteiger partial charge in [-0.15, -0.1) is 12.6 Å². The molecule has 1 aliphatic carbocycles. The molecule has 2 atom stereocenters. The van der Waals surface area contributed by atoms with Gasteiger partial charge in [-0.1, -0.05) is 25.5 Å². The smallest absolute Gasteiger partial charge is 0.224 e. The minimum atomic E-state index is 0.132. The van der Waals surface area contributed by atoms with Crippen molar-refractivity contribution in [2.24, 2.45) is 5.92 Å². The van der Waals surface area contributed by atoms with Crippen LogP contribution in [-0.2, 0) is 11.2 Å². The number of rotatable bonds is 4. The van der Waals surface area contributed by atoms with Gasteiger partial charge in [0.25, 0.3) is 0 Å². The van der Waals surface area contributed by atoms with E-state index in [1.807, 2.05) is 24.3 Å². The summed E-state index contributed by atoms with van der Waals surface area (Å²) in [5, 5.41) is 3.06. The fourth-order valence-electron chi connectivity index (χ4n) is 1.93. The second-order valence-electron chi connectivity index (χ2n) is 4.42. The van der Waals surface area contributed by atoms with Crippen molar-refractivity contribution in [2.45, 2.75) is 37.1 Å². The Kier molecular flexibility index (Phi) is 3.54. The van der Waals surface area contributed by atoms with Gasteiger partial charge in [0.05, 0.1) is 6.42 Å². The minimum absolute atomic E-state index is 0.132. The molecule has 1 amide bonds. The van der Waals surface area contributed by atoms with E-state index in [1.54, 1.807) is 0 Å². The van der Waals surface area contributed by atoms with E-state index >= 15 is 0 Å². The molecule has 1 saturated carbocycles. The number of carbonyl (C=O) groups is 1. The molecule has 3 heteroatoms. The summed E-state index contributed by atoms with van der Waals surface area (Å²) in [5.41, 5.74) is 1.05. The van der Waals surface area contributed by atoms with Crippen LogP contribution >= 0.6 is 12.6 Å². The van der Waals surface area contributed by atoms with Crippen LogP contribution in [0.15, 0.2) is 29.2 Å². The molecule has 1 fully saturated rings. The summed E-state index contributed by atoms with van der Waals surface area (Å²) in [6.07, 6.45) is 2.79. The van der Waals surface area contributed by atoms with Gasteiger partial charge in [-0.3, -0.25) is 4.79 Å². The quantitative estimate of drug-likeness (QED) is 0.771. The standard InChI is InChI=1S/C13H17NOS/c1-2-10-8-12(10)14-13(15)7-9-3-5-11(16)6-4-9/h3-6,10,12,16H,2,7-8H2,1H3,(H,14,15). The number of hydrogen-bond donors (Lipinski definition) is 2. The zero-order valence-electron chi connectivity index (χ0n) is 9.44. The van der Waals surface area contributed by atoms with Crippen LogP contribution in [0.25, 0.3) is 0 Å². The van der Waals surface area contributed by atoms with E-state index in [1.165, 1.54) is 6.42 Å². The van der Waals surface area contributed by atoms with Crippen molar-refractivity contribution in [2.75, 3.05) is 0 Å². The van der Waals surface area contributed by atoms with Crippen molar-refractivity contribution in [3.8, 4) is 0 Å². The summed E-state index contributed by atoms with van der Waals surface area (Å²) in [5.74, 6) is 0.844. The molecule has 1 aliphatic rings. The van der Waals surface area contributed by atoms with E-state index < -0.39 is 0 Å². The van der Waals surface area contributed by atoms with Crippen molar-refractivity contribution in [3.63, 3.8) is 0 Å². The molecule has 2 nitrogen and oxygen atoms in total. The summed E-state index contributed by atoms with van der Waals surface area (Å²) in [4.78, 5) is 12.6. The Labute approximate surface area is 102 Å². The first-order chi connectivity index (χ1) is 7.69. The molecule has 0 spiro atoms. The predicted octanol–water partition coefficient (Wildman–Crippen LogP) is 2.43. The molecule has 16 heavy (non-hydrogen) atoms. The zero-order valence-corrected chi connectivity index (χ0v) is 10.3. The topological polar surface area (TPSA) is 29.1 Å². The largest absolute Gasteiger partial charge is 0.353 e. The Bertz CT molecular complexity index is 374. The second-order valence-corrected chi connectivity index (χ2v) is 4.94. The fraction of sp³-hybridized carbons (Fsp3) is 0.462. The van der Waals surface area contributed by atoms with Crippen LogP contribution in [0.3, 0.4) is 0 Å². The fourth-order valence-corrected chi connectivity index (χ4v) is 2.08. The van der Waals surface area contributed by atoms with Crippen molar-refractivity contribution in [3.05, 3.63) is 29.8 Å². The second kappa shape index (κ2) is 4.91. The Morgan fingerprint density at radius 1 is 1.44 bits per heavy atom. The average molecular weight is 235 g/mol.